The Morgan fingerprint density at radius 2 is 1.57 bits per heavy atom. The molecule has 0 aliphatic rings. The van der Waals surface area contributed by atoms with Gasteiger partial charge in [-0.25, -0.2) is 0 Å². The van der Waals surface area contributed by atoms with Crippen LogP contribution < -0.4 is 22.9 Å². The lowest BCUT2D eigenvalue weighted by Crippen LogP contribution is -2.22. The Kier molecular flexibility index (Phi) is 5.43. The molecule has 0 aliphatic carbocycles. The molecule has 0 bridgehead atoms. The predicted octanol–water partition coefficient (Wildman–Crippen LogP) is -1.71. The Morgan fingerprint density at radius 1 is 1.00 bits per heavy atom. The van der Waals surface area contributed by atoms with E-state index in [1.807, 2.05) is 6.92 Å². The minimum atomic E-state index is -0.126. The van der Waals surface area contributed by atoms with Crippen molar-refractivity contribution in [3.63, 3.8) is 0 Å². The van der Waals surface area contributed by atoms with Crippen LogP contribution in [0.2, 0.25) is 0 Å². The summed E-state index contributed by atoms with van der Waals surface area (Å²) in [5.41, 5.74) is 20.8. The second kappa shape index (κ2) is 6.40. The molecule has 0 fully saturated rings. The molecule has 14 heavy (non-hydrogen) atoms. The second-order valence-corrected chi connectivity index (χ2v) is 2.24. The molecule has 0 aromatic carbocycles. The fourth-order valence-corrected chi connectivity index (χ4v) is 0.472. The van der Waals surface area contributed by atoms with E-state index < -0.39 is 0 Å². The first kappa shape index (κ1) is 11.9. The van der Waals surface area contributed by atoms with E-state index in [0.717, 1.165) is 0 Å². The molecule has 0 unspecified atom stereocenters. The van der Waals surface area contributed by atoms with Gasteiger partial charge in [0.2, 0.25) is 11.9 Å². The summed E-state index contributed by atoms with van der Waals surface area (Å²) >= 11 is 0. The smallest absolute Gasteiger partial charge is 0.211 e. The van der Waals surface area contributed by atoms with Crippen LogP contribution in [0.15, 0.2) is 20.4 Å². The van der Waals surface area contributed by atoms with Crippen molar-refractivity contribution in [2.24, 2.45) is 43.3 Å². The maximum absolute atomic E-state index is 5.08. The normalized spacial score (nSPS) is 11.4. The number of nitrogens with two attached hydrogens (primary N) is 4. The Hall–Kier alpha value is -2.12. The fraction of sp³-hybridized carbons (Fsp3) is 0.333. The molecule has 0 aromatic heterocycles. The highest BCUT2D eigenvalue weighted by Gasteiger charge is 1.89. The third-order valence-corrected chi connectivity index (χ3v) is 1.04. The molecule has 0 radical (unpaired) electrons. The molecule has 8 N–H and O–H groups in total. The number of hydrogen-bond acceptors (Lipinski definition) is 4. The molecular formula is C6H14N8. The third-order valence-electron chi connectivity index (χ3n) is 1.04. The summed E-state index contributed by atoms with van der Waals surface area (Å²) in [6.07, 6.45) is 1.98. The maximum Gasteiger partial charge on any atom is 0.211 e. The summed E-state index contributed by atoms with van der Waals surface area (Å²) in [7, 11) is 0. The van der Waals surface area contributed by atoms with Crippen LogP contribution in [0.4, 0.5) is 0 Å². The molecule has 0 aromatic rings. The van der Waals surface area contributed by atoms with Crippen LogP contribution in [0, 0.1) is 0 Å². The fourth-order valence-electron chi connectivity index (χ4n) is 0.472. The minimum Gasteiger partial charge on any atom is -0.369 e. The molecule has 78 valence electrons. The van der Waals surface area contributed by atoms with Crippen LogP contribution >= 0.6 is 0 Å². The minimum absolute atomic E-state index is 0.119. The zero-order valence-electron chi connectivity index (χ0n) is 7.88. The van der Waals surface area contributed by atoms with Gasteiger partial charge in [0.15, 0.2) is 0 Å². The number of nitrogens with zero attached hydrogens (tertiary/aromatic N) is 4. The molecule has 8 nitrogen and oxygen atoms in total. The molecule has 0 saturated heterocycles. The van der Waals surface area contributed by atoms with Crippen molar-refractivity contribution in [1.82, 2.24) is 0 Å². The third kappa shape index (κ3) is 6.58. The molecule has 0 spiro atoms. The Labute approximate surface area is 81.4 Å². The Bertz CT molecular complexity index is 278. The van der Waals surface area contributed by atoms with E-state index in [0.29, 0.717) is 12.1 Å². The van der Waals surface area contributed by atoms with Crippen molar-refractivity contribution in [3.05, 3.63) is 0 Å². The van der Waals surface area contributed by atoms with Gasteiger partial charge in [-0.2, -0.15) is 10.2 Å². The summed E-state index contributed by atoms with van der Waals surface area (Å²) in [4.78, 5) is 0. The van der Waals surface area contributed by atoms with Crippen LogP contribution in [0.5, 0.6) is 0 Å². The van der Waals surface area contributed by atoms with Crippen molar-refractivity contribution in [1.29, 1.82) is 0 Å². The molecule has 0 heterocycles. The summed E-state index contributed by atoms with van der Waals surface area (Å²) in [5.74, 6) is -0.246. The van der Waals surface area contributed by atoms with Gasteiger partial charge in [-0.15, -0.1) is 10.2 Å². The molecular weight excluding hydrogens is 184 g/mol. The van der Waals surface area contributed by atoms with Crippen molar-refractivity contribution >= 4 is 23.8 Å². The summed E-state index contributed by atoms with van der Waals surface area (Å²) in [5, 5.41) is 14.1. The lowest BCUT2D eigenvalue weighted by atomic mass is 10.3. The second-order valence-electron chi connectivity index (χ2n) is 2.24. The number of hydrogen-bond donors (Lipinski definition) is 4. The van der Waals surface area contributed by atoms with Gasteiger partial charge in [-0.05, 0) is 6.42 Å². The van der Waals surface area contributed by atoms with Crippen LogP contribution in [0.25, 0.3) is 0 Å². The largest absolute Gasteiger partial charge is 0.369 e. The highest BCUT2D eigenvalue weighted by Crippen LogP contribution is 1.84. The van der Waals surface area contributed by atoms with E-state index in [2.05, 4.69) is 20.4 Å². The van der Waals surface area contributed by atoms with Gasteiger partial charge in [0.05, 0.1) is 11.9 Å². The van der Waals surface area contributed by atoms with Gasteiger partial charge in [0.25, 0.3) is 0 Å². The van der Waals surface area contributed by atoms with Crippen LogP contribution in [-0.2, 0) is 0 Å². The summed E-state index contributed by atoms with van der Waals surface area (Å²) in [6, 6.07) is 0. The van der Waals surface area contributed by atoms with Crippen molar-refractivity contribution < 1.29 is 0 Å². The molecule has 0 atom stereocenters. The molecule has 0 rings (SSSR count). The van der Waals surface area contributed by atoms with Crippen LogP contribution in [0.3, 0.4) is 0 Å². The van der Waals surface area contributed by atoms with E-state index in [9.17, 15) is 0 Å². The van der Waals surface area contributed by atoms with E-state index in [-0.39, 0.29) is 11.9 Å². The average Bonchev–Trinajstić information content (AvgIpc) is 2.10. The lowest BCUT2D eigenvalue weighted by Gasteiger charge is -1.91. The zero-order valence-corrected chi connectivity index (χ0v) is 7.88. The molecule has 0 amide bonds. The van der Waals surface area contributed by atoms with Gasteiger partial charge in [0, 0.05) is 0 Å². The van der Waals surface area contributed by atoms with Gasteiger partial charge >= 0.3 is 0 Å². The van der Waals surface area contributed by atoms with Crippen molar-refractivity contribution in [3.8, 4) is 0 Å². The van der Waals surface area contributed by atoms with Crippen LogP contribution in [0.1, 0.15) is 13.3 Å². The standard InChI is InChI=1S/C6H14N8/c1-2-4(12-14-6(9)10)3-11-13-5(7)8/h3H,2H2,1H3,(H4,7,8,13)(H4,9,10,14)/b11-3+,12-4-. The van der Waals surface area contributed by atoms with Gasteiger partial charge in [-0.1, -0.05) is 6.92 Å². The topological polar surface area (TPSA) is 154 Å². The van der Waals surface area contributed by atoms with Crippen molar-refractivity contribution in [2.75, 3.05) is 0 Å². The highest BCUT2D eigenvalue weighted by atomic mass is 15.3. The van der Waals surface area contributed by atoms with E-state index in [1.165, 1.54) is 6.21 Å². The van der Waals surface area contributed by atoms with Gasteiger partial charge in [-0.3, -0.25) is 0 Å². The van der Waals surface area contributed by atoms with Crippen molar-refractivity contribution in [2.45, 2.75) is 13.3 Å². The molecule has 8 heteroatoms. The molecule has 0 saturated carbocycles. The lowest BCUT2D eigenvalue weighted by molar-refractivity contribution is 1.16. The van der Waals surface area contributed by atoms with E-state index in [4.69, 9.17) is 22.9 Å². The maximum atomic E-state index is 5.08. The highest BCUT2D eigenvalue weighted by molar-refractivity contribution is 6.30. The average molecular weight is 198 g/mol. The number of guanidine groups is 2. The zero-order chi connectivity index (χ0) is 11.0. The first-order chi connectivity index (χ1) is 6.56. The summed E-state index contributed by atoms with van der Waals surface area (Å²) < 4.78 is 0. The van der Waals surface area contributed by atoms with Crippen LogP contribution in [-0.4, -0.2) is 23.8 Å². The Balaban J connectivity index is 4.44. The monoisotopic (exact) mass is 198 g/mol. The van der Waals surface area contributed by atoms with E-state index in [1.54, 1.807) is 0 Å². The summed E-state index contributed by atoms with van der Waals surface area (Å²) in [6.45, 7) is 1.86. The Morgan fingerprint density at radius 3 is 2.00 bits per heavy atom. The van der Waals surface area contributed by atoms with Gasteiger partial charge in [0.1, 0.15) is 0 Å². The van der Waals surface area contributed by atoms with Gasteiger partial charge < -0.3 is 22.9 Å². The van der Waals surface area contributed by atoms with E-state index >= 15 is 0 Å². The predicted molar refractivity (Wildman–Crippen MR) is 57.8 cm³/mol. The number of rotatable bonds is 4. The first-order valence-electron chi connectivity index (χ1n) is 3.83. The SMILES string of the molecule is CCC(/C=N/N=C(N)N)=N/N=C(N)N. The first-order valence-corrected chi connectivity index (χ1v) is 3.83. The molecule has 0 aliphatic heterocycles. The quantitative estimate of drug-likeness (QED) is 0.241.